The van der Waals surface area contributed by atoms with E-state index in [1.54, 1.807) is 0 Å². The summed E-state index contributed by atoms with van der Waals surface area (Å²) in [6, 6.07) is 6.11. The van der Waals surface area contributed by atoms with Crippen LogP contribution in [0, 0.1) is 5.92 Å². The van der Waals surface area contributed by atoms with Gasteiger partial charge in [-0.15, -0.1) is 0 Å². The van der Waals surface area contributed by atoms with Crippen molar-refractivity contribution in [2.24, 2.45) is 11.7 Å². The summed E-state index contributed by atoms with van der Waals surface area (Å²) in [5.41, 5.74) is 6.77. The zero-order chi connectivity index (χ0) is 13.0. The van der Waals surface area contributed by atoms with Crippen LogP contribution in [0.3, 0.4) is 0 Å². The predicted molar refractivity (Wildman–Crippen MR) is 78.7 cm³/mol. The van der Waals surface area contributed by atoms with Crippen molar-refractivity contribution >= 4 is 15.9 Å². The molecular formula is C15H22BrNO. The average molecular weight is 312 g/mol. The maximum Gasteiger partial charge on any atom is 0.120 e. The van der Waals surface area contributed by atoms with Crippen LogP contribution in [0.1, 0.15) is 44.6 Å². The van der Waals surface area contributed by atoms with E-state index in [1.165, 1.54) is 32.1 Å². The molecule has 2 N–H and O–H groups in total. The smallest absolute Gasteiger partial charge is 0.120 e. The molecule has 0 heterocycles. The Kier molecular flexibility index (Phi) is 5.07. The van der Waals surface area contributed by atoms with Crippen LogP contribution in [-0.2, 0) is 6.54 Å². The molecule has 2 unspecified atom stereocenters. The van der Waals surface area contributed by atoms with Crippen LogP contribution >= 0.6 is 15.9 Å². The first-order chi connectivity index (χ1) is 8.72. The molecule has 0 saturated heterocycles. The summed E-state index contributed by atoms with van der Waals surface area (Å²) < 4.78 is 7.14. The van der Waals surface area contributed by atoms with Crippen molar-refractivity contribution in [3.8, 4) is 5.75 Å². The highest BCUT2D eigenvalue weighted by atomic mass is 79.9. The summed E-state index contributed by atoms with van der Waals surface area (Å²) in [6.45, 7) is 2.84. The molecule has 3 heteroatoms. The number of ether oxygens (including phenoxy) is 1. The highest BCUT2D eigenvalue weighted by Gasteiger charge is 2.22. The summed E-state index contributed by atoms with van der Waals surface area (Å²) in [5.74, 6) is 1.80. The maximum absolute atomic E-state index is 6.10. The molecule has 1 aliphatic rings. The van der Waals surface area contributed by atoms with Crippen molar-refractivity contribution in [2.75, 3.05) is 0 Å². The van der Waals surface area contributed by atoms with Gasteiger partial charge in [-0.25, -0.2) is 0 Å². The lowest BCUT2D eigenvalue weighted by Crippen LogP contribution is -2.25. The molecule has 1 saturated carbocycles. The first-order valence-corrected chi connectivity index (χ1v) is 7.67. The Bertz CT molecular complexity index is 394. The van der Waals surface area contributed by atoms with Crippen molar-refractivity contribution in [1.29, 1.82) is 0 Å². The van der Waals surface area contributed by atoms with Crippen molar-refractivity contribution in [3.63, 3.8) is 0 Å². The fraction of sp³-hybridized carbons (Fsp3) is 0.600. The van der Waals surface area contributed by atoms with Gasteiger partial charge >= 0.3 is 0 Å². The number of nitrogens with two attached hydrogens (primary N) is 1. The molecule has 2 rings (SSSR count). The minimum atomic E-state index is 0.388. The van der Waals surface area contributed by atoms with Gasteiger partial charge in [0.1, 0.15) is 5.75 Å². The van der Waals surface area contributed by atoms with Crippen molar-refractivity contribution < 1.29 is 4.74 Å². The SMILES string of the molecule is CCC1CCCC(Oc2ccc(CN)c(Br)c2)C1. The molecule has 0 radical (unpaired) electrons. The van der Waals surface area contributed by atoms with Crippen LogP contribution in [0.15, 0.2) is 22.7 Å². The minimum Gasteiger partial charge on any atom is -0.490 e. The molecule has 0 spiro atoms. The second kappa shape index (κ2) is 6.58. The van der Waals surface area contributed by atoms with Crippen molar-refractivity contribution in [1.82, 2.24) is 0 Å². The Morgan fingerprint density at radius 3 is 2.89 bits per heavy atom. The molecule has 1 fully saturated rings. The Hall–Kier alpha value is -0.540. The number of benzene rings is 1. The maximum atomic E-state index is 6.10. The topological polar surface area (TPSA) is 35.2 Å². The first-order valence-electron chi connectivity index (χ1n) is 6.88. The largest absolute Gasteiger partial charge is 0.490 e. The molecular weight excluding hydrogens is 290 g/mol. The van der Waals surface area contributed by atoms with E-state index in [2.05, 4.69) is 22.9 Å². The Balaban J connectivity index is 1.98. The Labute approximate surface area is 118 Å². The van der Waals surface area contributed by atoms with Gasteiger partial charge in [0.25, 0.3) is 0 Å². The van der Waals surface area contributed by atoms with Gasteiger partial charge in [-0.1, -0.05) is 41.8 Å². The van der Waals surface area contributed by atoms with E-state index in [0.717, 1.165) is 21.7 Å². The average Bonchev–Trinajstić information content (AvgIpc) is 2.39. The van der Waals surface area contributed by atoms with Crippen molar-refractivity contribution in [3.05, 3.63) is 28.2 Å². The lowest BCUT2D eigenvalue weighted by Gasteiger charge is -2.29. The molecule has 1 aliphatic carbocycles. The highest BCUT2D eigenvalue weighted by molar-refractivity contribution is 9.10. The normalized spacial score (nSPS) is 23.9. The van der Waals surface area contributed by atoms with Crippen LogP contribution in [-0.4, -0.2) is 6.10 Å². The molecule has 1 aromatic carbocycles. The third-order valence-electron chi connectivity index (χ3n) is 3.86. The van der Waals surface area contributed by atoms with Crippen LogP contribution in [0.5, 0.6) is 5.75 Å². The van der Waals surface area contributed by atoms with E-state index >= 15 is 0 Å². The van der Waals surface area contributed by atoms with Crippen molar-refractivity contribution in [2.45, 2.75) is 51.7 Å². The van der Waals surface area contributed by atoms with Gasteiger partial charge in [-0.3, -0.25) is 0 Å². The fourth-order valence-electron chi connectivity index (χ4n) is 2.68. The number of rotatable bonds is 4. The van der Waals surface area contributed by atoms with Gasteiger partial charge in [-0.2, -0.15) is 0 Å². The first kappa shape index (κ1) is 13.9. The van der Waals surface area contributed by atoms with Gasteiger partial charge in [0.2, 0.25) is 0 Å². The van der Waals surface area contributed by atoms with E-state index < -0.39 is 0 Å². The van der Waals surface area contributed by atoms with E-state index in [1.807, 2.05) is 18.2 Å². The van der Waals surface area contributed by atoms with E-state index in [-0.39, 0.29) is 0 Å². The standard InChI is InChI=1S/C15H22BrNO/c1-2-11-4-3-5-13(8-11)18-14-7-6-12(10-17)15(16)9-14/h6-7,9,11,13H,2-5,8,10,17H2,1H3. The van der Waals surface area contributed by atoms with Crippen LogP contribution in [0.2, 0.25) is 0 Å². The van der Waals surface area contributed by atoms with E-state index in [9.17, 15) is 0 Å². The zero-order valence-corrected chi connectivity index (χ0v) is 12.6. The monoisotopic (exact) mass is 311 g/mol. The van der Waals surface area contributed by atoms with Gasteiger partial charge in [-0.05, 0) is 42.9 Å². The minimum absolute atomic E-state index is 0.388. The van der Waals surface area contributed by atoms with E-state index in [0.29, 0.717) is 12.6 Å². The highest BCUT2D eigenvalue weighted by Crippen LogP contribution is 2.31. The van der Waals surface area contributed by atoms with Gasteiger partial charge in [0.15, 0.2) is 0 Å². The predicted octanol–water partition coefficient (Wildman–Crippen LogP) is 4.26. The summed E-state index contributed by atoms with van der Waals surface area (Å²) in [4.78, 5) is 0. The molecule has 100 valence electrons. The van der Waals surface area contributed by atoms with Gasteiger partial charge < -0.3 is 10.5 Å². The summed E-state index contributed by atoms with van der Waals surface area (Å²) in [6.07, 6.45) is 6.71. The lowest BCUT2D eigenvalue weighted by molar-refractivity contribution is 0.122. The molecule has 1 aromatic rings. The Morgan fingerprint density at radius 2 is 2.22 bits per heavy atom. The fourth-order valence-corrected chi connectivity index (χ4v) is 3.20. The van der Waals surface area contributed by atoms with E-state index in [4.69, 9.17) is 10.5 Å². The number of hydrogen-bond acceptors (Lipinski definition) is 2. The lowest BCUT2D eigenvalue weighted by atomic mass is 9.85. The summed E-state index contributed by atoms with van der Waals surface area (Å²) in [7, 11) is 0. The second-order valence-corrected chi connectivity index (χ2v) is 5.99. The third kappa shape index (κ3) is 3.48. The van der Waals surface area contributed by atoms with Crippen LogP contribution in [0.25, 0.3) is 0 Å². The van der Waals surface area contributed by atoms with Crippen LogP contribution < -0.4 is 10.5 Å². The number of halogens is 1. The molecule has 0 aromatic heterocycles. The molecule has 0 aliphatic heterocycles. The Morgan fingerprint density at radius 1 is 1.39 bits per heavy atom. The third-order valence-corrected chi connectivity index (χ3v) is 4.60. The molecule has 2 nitrogen and oxygen atoms in total. The second-order valence-electron chi connectivity index (χ2n) is 5.14. The molecule has 2 atom stereocenters. The zero-order valence-electron chi connectivity index (χ0n) is 11.0. The van der Waals surface area contributed by atoms with Gasteiger partial charge in [0.05, 0.1) is 6.10 Å². The quantitative estimate of drug-likeness (QED) is 0.902. The molecule has 18 heavy (non-hydrogen) atoms. The molecule has 0 bridgehead atoms. The number of hydrogen-bond donors (Lipinski definition) is 1. The van der Waals surface area contributed by atoms with Crippen LogP contribution in [0.4, 0.5) is 0 Å². The molecule has 0 amide bonds. The van der Waals surface area contributed by atoms with Gasteiger partial charge in [0, 0.05) is 11.0 Å². The summed E-state index contributed by atoms with van der Waals surface area (Å²) >= 11 is 3.54. The summed E-state index contributed by atoms with van der Waals surface area (Å²) in [5, 5.41) is 0.